The normalized spacial score (nSPS) is 14.5. The maximum absolute atomic E-state index is 12.1. The van der Waals surface area contributed by atoms with Gasteiger partial charge in [-0.25, -0.2) is 0 Å². The Hall–Kier alpha value is -1.90. The Morgan fingerprint density at radius 1 is 1.11 bits per heavy atom. The molecule has 1 aromatic rings. The molecule has 0 fully saturated rings. The Balaban J connectivity index is 2.16. The van der Waals surface area contributed by atoms with Crippen LogP contribution in [-0.2, 0) is 4.74 Å². The predicted octanol–water partition coefficient (Wildman–Crippen LogP) is 3.01. The van der Waals surface area contributed by atoms with Gasteiger partial charge in [0.15, 0.2) is 11.5 Å². The molecule has 1 aliphatic rings. The number of carbonyl (C=O) groups is 2. The summed E-state index contributed by atoms with van der Waals surface area (Å²) in [6.07, 6.45) is 2.16. The van der Waals surface area contributed by atoms with Crippen LogP contribution in [0.5, 0.6) is 0 Å². The molecule has 0 saturated heterocycles. The van der Waals surface area contributed by atoms with Crippen molar-refractivity contribution in [1.82, 2.24) is 0 Å². The first-order valence-electron chi connectivity index (χ1n) is 6.12. The van der Waals surface area contributed by atoms with Crippen LogP contribution in [-0.4, -0.2) is 18.2 Å². The van der Waals surface area contributed by atoms with Crippen LogP contribution in [0.25, 0.3) is 0 Å². The maximum Gasteiger partial charge on any atom is 0.228 e. The molecular weight excluding hydrogens is 228 g/mol. The molecule has 0 spiro atoms. The highest BCUT2D eigenvalue weighted by Crippen LogP contribution is 2.22. The summed E-state index contributed by atoms with van der Waals surface area (Å²) in [5.41, 5.74) is 0.892. The number of hydrogen-bond donors (Lipinski definition) is 0. The van der Waals surface area contributed by atoms with Crippen molar-refractivity contribution in [1.29, 1.82) is 0 Å². The Bertz CT molecular complexity index is 512. The second kappa shape index (κ2) is 5.17. The molecule has 0 aromatic heterocycles. The summed E-state index contributed by atoms with van der Waals surface area (Å²) in [5, 5.41) is 0. The van der Waals surface area contributed by atoms with Gasteiger partial charge in [0.2, 0.25) is 5.78 Å². The zero-order chi connectivity index (χ0) is 13.1. The SMILES string of the molecule is CC(C)CCOC1=CC(=O)c2ccccc2C1=O. The van der Waals surface area contributed by atoms with Crippen LogP contribution in [0.3, 0.4) is 0 Å². The van der Waals surface area contributed by atoms with Crippen LogP contribution >= 0.6 is 0 Å². The highest BCUT2D eigenvalue weighted by Gasteiger charge is 2.26. The van der Waals surface area contributed by atoms with Crippen molar-refractivity contribution in [3.8, 4) is 0 Å². The highest BCUT2D eigenvalue weighted by molar-refractivity contribution is 6.23. The molecule has 0 bridgehead atoms. The lowest BCUT2D eigenvalue weighted by Gasteiger charge is -2.16. The largest absolute Gasteiger partial charge is 0.489 e. The number of ether oxygens (including phenoxy) is 1. The molecule has 0 aliphatic heterocycles. The van der Waals surface area contributed by atoms with Crippen molar-refractivity contribution in [2.45, 2.75) is 20.3 Å². The fraction of sp³-hybridized carbons (Fsp3) is 0.333. The highest BCUT2D eigenvalue weighted by atomic mass is 16.5. The van der Waals surface area contributed by atoms with Gasteiger partial charge in [-0.3, -0.25) is 9.59 Å². The molecule has 3 nitrogen and oxygen atoms in total. The van der Waals surface area contributed by atoms with Crippen molar-refractivity contribution >= 4 is 11.6 Å². The summed E-state index contributed by atoms with van der Waals surface area (Å²) in [5.74, 6) is 0.310. The minimum absolute atomic E-state index is 0.162. The average molecular weight is 244 g/mol. The van der Waals surface area contributed by atoms with Gasteiger partial charge in [-0.1, -0.05) is 38.1 Å². The van der Waals surface area contributed by atoms with Crippen LogP contribution < -0.4 is 0 Å². The first-order chi connectivity index (χ1) is 8.59. The van der Waals surface area contributed by atoms with E-state index >= 15 is 0 Å². The van der Waals surface area contributed by atoms with Crippen molar-refractivity contribution in [2.24, 2.45) is 5.92 Å². The van der Waals surface area contributed by atoms with Gasteiger partial charge in [-0.15, -0.1) is 0 Å². The molecular formula is C15H16O3. The standard InChI is InChI=1S/C15H16O3/c1-10(2)7-8-18-14-9-13(16)11-5-3-4-6-12(11)15(14)17/h3-6,9-10H,7-8H2,1-2H3. The fourth-order valence-electron chi connectivity index (χ4n) is 1.80. The van der Waals surface area contributed by atoms with Gasteiger partial charge in [0.1, 0.15) is 0 Å². The van der Waals surface area contributed by atoms with Gasteiger partial charge in [0.25, 0.3) is 0 Å². The lowest BCUT2D eigenvalue weighted by molar-refractivity contribution is 0.0874. The van der Waals surface area contributed by atoms with Crippen LogP contribution in [0.2, 0.25) is 0 Å². The Morgan fingerprint density at radius 3 is 2.44 bits per heavy atom. The van der Waals surface area contributed by atoms with Crippen LogP contribution in [0.1, 0.15) is 41.0 Å². The summed E-state index contributed by atoms with van der Waals surface area (Å²) >= 11 is 0. The fourth-order valence-corrected chi connectivity index (χ4v) is 1.80. The zero-order valence-corrected chi connectivity index (χ0v) is 10.6. The third-order valence-corrected chi connectivity index (χ3v) is 2.88. The molecule has 1 aliphatic carbocycles. The molecule has 0 amide bonds. The lowest BCUT2D eigenvalue weighted by Crippen LogP contribution is -2.19. The van der Waals surface area contributed by atoms with E-state index in [0.717, 1.165) is 6.42 Å². The smallest absolute Gasteiger partial charge is 0.228 e. The molecule has 3 heteroatoms. The van der Waals surface area contributed by atoms with Gasteiger partial charge in [-0.05, 0) is 12.3 Å². The number of carbonyl (C=O) groups excluding carboxylic acids is 2. The van der Waals surface area contributed by atoms with Gasteiger partial charge in [0, 0.05) is 17.2 Å². The van der Waals surface area contributed by atoms with Gasteiger partial charge >= 0.3 is 0 Å². The van der Waals surface area contributed by atoms with Crippen molar-refractivity contribution in [3.63, 3.8) is 0 Å². The number of benzene rings is 1. The summed E-state index contributed by atoms with van der Waals surface area (Å²) in [7, 11) is 0. The van der Waals surface area contributed by atoms with Crippen molar-refractivity contribution in [2.75, 3.05) is 6.61 Å². The summed E-state index contributed by atoms with van der Waals surface area (Å²) in [4.78, 5) is 23.9. The Morgan fingerprint density at radius 2 is 1.78 bits per heavy atom. The van der Waals surface area contributed by atoms with E-state index < -0.39 is 0 Å². The molecule has 1 aromatic carbocycles. The van der Waals surface area contributed by atoms with Crippen molar-refractivity contribution < 1.29 is 14.3 Å². The second-order valence-electron chi connectivity index (χ2n) is 4.78. The van der Waals surface area contributed by atoms with Gasteiger partial charge in [-0.2, -0.15) is 0 Å². The van der Waals surface area contributed by atoms with E-state index in [1.807, 2.05) is 0 Å². The Kier molecular flexibility index (Phi) is 3.60. The average Bonchev–Trinajstić information content (AvgIpc) is 2.35. The summed E-state index contributed by atoms with van der Waals surface area (Å²) in [6, 6.07) is 6.83. The number of allylic oxidation sites excluding steroid dienone is 2. The van der Waals surface area contributed by atoms with E-state index in [1.165, 1.54) is 6.08 Å². The maximum atomic E-state index is 12.1. The van der Waals surface area contributed by atoms with E-state index in [4.69, 9.17) is 4.74 Å². The molecule has 0 unspecified atom stereocenters. The summed E-state index contributed by atoms with van der Waals surface area (Å²) in [6.45, 7) is 4.63. The first kappa shape index (κ1) is 12.6. The van der Waals surface area contributed by atoms with E-state index in [9.17, 15) is 9.59 Å². The van der Waals surface area contributed by atoms with E-state index in [2.05, 4.69) is 13.8 Å². The molecule has 0 N–H and O–H groups in total. The minimum Gasteiger partial charge on any atom is -0.489 e. The van der Waals surface area contributed by atoms with Gasteiger partial charge in [0.05, 0.1) is 6.61 Å². The van der Waals surface area contributed by atoms with E-state index in [1.54, 1.807) is 24.3 Å². The van der Waals surface area contributed by atoms with Gasteiger partial charge < -0.3 is 4.74 Å². The molecule has 0 heterocycles. The minimum atomic E-state index is -0.200. The van der Waals surface area contributed by atoms with Crippen LogP contribution in [0, 0.1) is 5.92 Å². The third-order valence-electron chi connectivity index (χ3n) is 2.88. The zero-order valence-electron chi connectivity index (χ0n) is 10.6. The quantitative estimate of drug-likeness (QED) is 0.817. The molecule has 0 atom stereocenters. The molecule has 18 heavy (non-hydrogen) atoms. The first-order valence-corrected chi connectivity index (χ1v) is 6.12. The van der Waals surface area contributed by atoms with Crippen LogP contribution in [0.4, 0.5) is 0 Å². The topological polar surface area (TPSA) is 43.4 Å². The van der Waals surface area contributed by atoms with E-state index in [0.29, 0.717) is 23.7 Å². The number of ketones is 2. The molecule has 0 radical (unpaired) electrons. The number of Topliss-reactive ketones (excluding diaryl/α,β-unsaturated/α-hetero) is 1. The Labute approximate surface area is 106 Å². The van der Waals surface area contributed by atoms with E-state index in [-0.39, 0.29) is 17.3 Å². The second-order valence-corrected chi connectivity index (χ2v) is 4.78. The third kappa shape index (κ3) is 2.50. The summed E-state index contributed by atoms with van der Waals surface area (Å²) < 4.78 is 5.42. The lowest BCUT2D eigenvalue weighted by atomic mass is 9.94. The predicted molar refractivity (Wildman–Crippen MR) is 68.6 cm³/mol. The number of rotatable bonds is 4. The van der Waals surface area contributed by atoms with Crippen LogP contribution in [0.15, 0.2) is 36.1 Å². The number of fused-ring (bicyclic) bond motifs is 1. The molecule has 94 valence electrons. The monoisotopic (exact) mass is 244 g/mol. The molecule has 0 saturated carbocycles. The number of hydrogen-bond acceptors (Lipinski definition) is 3. The van der Waals surface area contributed by atoms with Crippen molar-refractivity contribution in [3.05, 3.63) is 47.2 Å². The molecule has 2 rings (SSSR count).